The number of rotatable bonds is 6. The van der Waals surface area contributed by atoms with Crippen LogP contribution in [0, 0.1) is 0 Å². The Morgan fingerprint density at radius 1 is 1.75 bits per heavy atom. The van der Waals surface area contributed by atoms with Gasteiger partial charge in [-0.25, -0.2) is 0 Å². The number of ether oxygens (including phenoxy) is 1. The van der Waals surface area contributed by atoms with Gasteiger partial charge in [0.1, 0.15) is 5.84 Å². The van der Waals surface area contributed by atoms with Crippen LogP contribution in [0.3, 0.4) is 0 Å². The van der Waals surface area contributed by atoms with Crippen molar-refractivity contribution in [3.63, 3.8) is 0 Å². The van der Waals surface area contributed by atoms with Gasteiger partial charge in [-0.05, 0) is 0 Å². The van der Waals surface area contributed by atoms with E-state index in [-0.39, 0.29) is 5.84 Å². The van der Waals surface area contributed by atoms with Crippen molar-refractivity contribution in [1.82, 2.24) is 0 Å². The van der Waals surface area contributed by atoms with Crippen LogP contribution in [-0.4, -0.2) is 35.8 Å². The van der Waals surface area contributed by atoms with Crippen LogP contribution in [0.5, 0.6) is 0 Å². The van der Waals surface area contributed by atoms with Crippen LogP contribution >= 0.6 is 11.8 Å². The maximum absolute atomic E-state index is 8.28. The third-order valence-electron chi connectivity index (χ3n) is 1.31. The van der Waals surface area contributed by atoms with Crippen LogP contribution in [0.2, 0.25) is 0 Å². The van der Waals surface area contributed by atoms with Crippen LogP contribution < -0.4 is 5.73 Å². The van der Waals surface area contributed by atoms with E-state index >= 15 is 0 Å². The summed E-state index contributed by atoms with van der Waals surface area (Å²) in [4.78, 5) is 0. The summed E-state index contributed by atoms with van der Waals surface area (Å²) in [7, 11) is 1.68. The van der Waals surface area contributed by atoms with Crippen LogP contribution in [0.25, 0.3) is 0 Å². The van der Waals surface area contributed by atoms with E-state index in [1.807, 2.05) is 6.92 Å². The number of methoxy groups -OCH3 is 1. The molecule has 0 bridgehead atoms. The Morgan fingerprint density at radius 2 is 2.42 bits per heavy atom. The number of nitrogens with two attached hydrogens (primary N) is 1. The van der Waals surface area contributed by atoms with E-state index in [0.717, 1.165) is 12.4 Å². The third kappa shape index (κ3) is 6.30. The molecule has 0 aliphatic rings. The highest BCUT2D eigenvalue weighted by atomic mass is 32.2. The minimum absolute atomic E-state index is 0.285. The van der Waals surface area contributed by atoms with Gasteiger partial charge < -0.3 is 15.7 Å². The Morgan fingerprint density at radius 3 is 2.92 bits per heavy atom. The summed E-state index contributed by atoms with van der Waals surface area (Å²) in [5, 5.41) is 11.6. The van der Waals surface area contributed by atoms with Crippen molar-refractivity contribution < 1.29 is 9.94 Å². The van der Waals surface area contributed by atoms with Crippen LogP contribution in [0.4, 0.5) is 0 Å². The van der Waals surface area contributed by atoms with Crippen LogP contribution in [0.1, 0.15) is 13.3 Å². The molecule has 0 aromatic rings. The summed E-state index contributed by atoms with van der Waals surface area (Å²) < 4.78 is 4.89. The van der Waals surface area contributed by atoms with Gasteiger partial charge in [0, 0.05) is 24.5 Å². The molecule has 0 saturated heterocycles. The number of nitrogens with zero attached hydrogens (tertiary/aromatic N) is 1. The monoisotopic (exact) mass is 192 g/mol. The van der Waals surface area contributed by atoms with Gasteiger partial charge in [-0.3, -0.25) is 0 Å². The zero-order chi connectivity index (χ0) is 9.40. The fourth-order valence-electron chi connectivity index (χ4n) is 0.727. The summed E-state index contributed by atoms with van der Waals surface area (Å²) >= 11 is 1.75. The first-order valence-electron chi connectivity index (χ1n) is 3.77. The molecule has 0 rings (SSSR count). The Balaban J connectivity index is 3.39. The van der Waals surface area contributed by atoms with Crippen molar-refractivity contribution >= 4 is 17.6 Å². The Bertz CT molecular complexity index is 141. The SMILES string of the molecule is COCCSC(C)CC(N)=NO. The largest absolute Gasteiger partial charge is 0.409 e. The number of thioether (sulfide) groups is 1. The zero-order valence-electron chi connectivity index (χ0n) is 7.49. The molecular formula is C7H16N2O2S. The summed E-state index contributed by atoms with van der Waals surface area (Å²) in [6, 6.07) is 0. The molecule has 0 heterocycles. The van der Waals surface area contributed by atoms with Gasteiger partial charge in [0.05, 0.1) is 6.61 Å². The number of hydrogen-bond donors (Lipinski definition) is 2. The molecule has 1 unspecified atom stereocenters. The number of hydrogen-bond acceptors (Lipinski definition) is 4. The van der Waals surface area contributed by atoms with Crippen LogP contribution in [0.15, 0.2) is 5.16 Å². The van der Waals surface area contributed by atoms with Crippen molar-refractivity contribution in [3.05, 3.63) is 0 Å². The fourth-order valence-corrected chi connectivity index (χ4v) is 1.68. The van der Waals surface area contributed by atoms with Gasteiger partial charge in [0.2, 0.25) is 0 Å². The van der Waals surface area contributed by atoms with E-state index in [4.69, 9.17) is 15.7 Å². The summed E-state index contributed by atoms with van der Waals surface area (Å²) in [6.45, 7) is 2.78. The van der Waals surface area contributed by atoms with Gasteiger partial charge in [0.15, 0.2) is 0 Å². The van der Waals surface area contributed by atoms with E-state index in [0.29, 0.717) is 11.7 Å². The second-order valence-electron chi connectivity index (χ2n) is 2.47. The highest BCUT2D eigenvalue weighted by Gasteiger charge is 2.04. The van der Waals surface area contributed by atoms with E-state index in [1.165, 1.54) is 0 Å². The maximum atomic E-state index is 8.28. The molecule has 0 aliphatic carbocycles. The average molecular weight is 192 g/mol. The molecule has 4 nitrogen and oxygen atoms in total. The first-order valence-corrected chi connectivity index (χ1v) is 4.82. The second-order valence-corrected chi connectivity index (χ2v) is 4.02. The van der Waals surface area contributed by atoms with Crippen molar-refractivity contribution in [1.29, 1.82) is 0 Å². The smallest absolute Gasteiger partial charge is 0.140 e. The number of amidine groups is 1. The summed E-state index contributed by atoms with van der Waals surface area (Å²) in [5.74, 6) is 1.23. The van der Waals surface area contributed by atoms with Gasteiger partial charge >= 0.3 is 0 Å². The lowest BCUT2D eigenvalue weighted by atomic mass is 10.3. The molecule has 72 valence electrons. The summed E-state index contributed by atoms with van der Waals surface area (Å²) in [6.07, 6.45) is 0.616. The lowest BCUT2D eigenvalue weighted by Gasteiger charge is -2.08. The predicted octanol–water partition coefficient (Wildman–Crippen LogP) is 0.891. The molecule has 0 aromatic heterocycles. The minimum Gasteiger partial charge on any atom is -0.409 e. The van der Waals surface area contributed by atoms with Crippen molar-refractivity contribution in [2.45, 2.75) is 18.6 Å². The molecule has 0 fully saturated rings. The average Bonchev–Trinajstić information content (AvgIpc) is 2.05. The van der Waals surface area contributed by atoms with Gasteiger partial charge in [0.25, 0.3) is 0 Å². The highest BCUT2D eigenvalue weighted by molar-refractivity contribution is 7.99. The predicted molar refractivity (Wildman–Crippen MR) is 51.8 cm³/mol. The molecule has 0 radical (unpaired) electrons. The molecular weight excluding hydrogens is 176 g/mol. The van der Waals surface area contributed by atoms with Crippen molar-refractivity contribution in [2.75, 3.05) is 19.5 Å². The minimum atomic E-state index is 0.285. The Kier molecular flexibility index (Phi) is 6.99. The van der Waals surface area contributed by atoms with E-state index < -0.39 is 0 Å². The molecule has 0 saturated carbocycles. The van der Waals surface area contributed by atoms with E-state index in [9.17, 15) is 0 Å². The zero-order valence-corrected chi connectivity index (χ0v) is 8.30. The first kappa shape index (κ1) is 11.6. The lowest BCUT2D eigenvalue weighted by Crippen LogP contribution is -2.17. The highest BCUT2D eigenvalue weighted by Crippen LogP contribution is 2.13. The molecule has 1 atom stereocenters. The van der Waals surface area contributed by atoms with Crippen LogP contribution in [-0.2, 0) is 4.74 Å². The second kappa shape index (κ2) is 7.24. The molecule has 5 heteroatoms. The standard InChI is InChI=1S/C7H16N2O2S/c1-6(5-7(8)9-10)12-4-3-11-2/h6,10H,3-5H2,1-2H3,(H2,8,9). The van der Waals surface area contributed by atoms with Gasteiger partial charge in [-0.15, -0.1) is 0 Å². The molecule has 12 heavy (non-hydrogen) atoms. The van der Waals surface area contributed by atoms with Gasteiger partial charge in [-0.2, -0.15) is 11.8 Å². The van der Waals surface area contributed by atoms with E-state index in [1.54, 1.807) is 18.9 Å². The topological polar surface area (TPSA) is 67.8 Å². The molecule has 0 aliphatic heterocycles. The number of oxime groups is 1. The normalized spacial score (nSPS) is 14.7. The maximum Gasteiger partial charge on any atom is 0.140 e. The summed E-state index contributed by atoms with van der Waals surface area (Å²) in [5.41, 5.74) is 5.33. The van der Waals surface area contributed by atoms with Crippen molar-refractivity contribution in [3.8, 4) is 0 Å². The Hall–Kier alpha value is -0.420. The first-order chi connectivity index (χ1) is 5.70. The van der Waals surface area contributed by atoms with E-state index in [2.05, 4.69) is 5.16 Å². The molecule has 3 N–H and O–H groups in total. The third-order valence-corrected chi connectivity index (χ3v) is 2.45. The Labute approximate surface area is 77.1 Å². The quantitative estimate of drug-likeness (QED) is 0.216. The molecule has 0 aromatic carbocycles. The molecule has 0 amide bonds. The lowest BCUT2D eigenvalue weighted by molar-refractivity contribution is 0.218. The van der Waals surface area contributed by atoms with Crippen molar-refractivity contribution in [2.24, 2.45) is 10.9 Å². The molecule has 0 spiro atoms. The van der Waals surface area contributed by atoms with Gasteiger partial charge in [-0.1, -0.05) is 12.1 Å². The fraction of sp³-hybridized carbons (Fsp3) is 0.857.